The van der Waals surface area contributed by atoms with Crippen LogP contribution >= 0.6 is 11.8 Å². The van der Waals surface area contributed by atoms with Gasteiger partial charge in [0.05, 0.1) is 6.04 Å². The lowest BCUT2D eigenvalue weighted by Crippen LogP contribution is -2.37. The van der Waals surface area contributed by atoms with Crippen molar-refractivity contribution in [3.8, 4) is 5.75 Å². The summed E-state index contributed by atoms with van der Waals surface area (Å²) in [5.41, 5.74) is 0. The molecule has 1 fully saturated rings. The van der Waals surface area contributed by atoms with Gasteiger partial charge in [0.1, 0.15) is 5.75 Å². The Labute approximate surface area is 104 Å². The Morgan fingerprint density at radius 2 is 2.12 bits per heavy atom. The number of nitrogens with one attached hydrogen (secondary N) is 1. The first-order valence-corrected chi connectivity index (χ1v) is 6.28. The maximum absolute atomic E-state index is 10.8. The van der Waals surface area contributed by atoms with Crippen molar-refractivity contribution in [1.82, 2.24) is 5.32 Å². The van der Waals surface area contributed by atoms with Gasteiger partial charge in [-0.2, -0.15) is 0 Å². The van der Waals surface area contributed by atoms with Gasteiger partial charge in [0, 0.05) is 11.1 Å². The monoisotopic (exact) mass is 253 g/mol. The minimum Gasteiger partial charge on any atom is -0.508 e. The number of phenolic OH excluding ortho intramolecular Hbond substituents is 1. The largest absolute Gasteiger partial charge is 0.508 e. The molecule has 1 aromatic rings. The molecule has 2 atom stereocenters. The Balaban J connectivity index is 0.000000181. The number of para-hydroxylation sites is 1. The fourth-order valence-corrected chi connectivity index (χ4v) is 2.33. The normalized spacial score (nSPS) is 22.4. The van der Waals surface area contributed by atoms with E-state index < -0.39 is 0 Å². The van der Waals surface area contributed by atoms with Gasteiger partial charge in [0.15, 0.2) is 6.29 Å². The van der Waals surface area contributed by atoms with Gasteiger partial charge < -0.3 is 5.11 Å². The Bertz CT molecular complexity index is 369. The van der Waals surface area contributed by atoms with Crippen molar-refractivity contribution >= 4 is 23.8 Å². The molecule has 0 aliphatic carbocycles. The Hall–Kier alpha value is -1.33. The summed E-state index contributed by atoms with van der Waals surface area (Å²) in [5, 5.41) is 11.8. The highest BCUT2D eigenvalue weighted by molar-refractivity contribution is 8.00. The molecule has 1 saturated heterocycles. The number of hydrogen-bond acceptors (Lipinski definition) is 5. The van der Waals surface area contributed by atoms with E-state index in [0.29, 0.717) is 12.0 Å². The molecule has 0 saturated carbocycles. The summed E-state index contributed by atoms with van der Waals surface area (Å²) in [6.45, 7) is 1.94. The molecule has 5 heteroatoms. The molecular weight excluding hydrogens is 238 g/mol. The van der Waals surface area contributed by atoms with Gasteiger partial charge in [-0.15, -0.1) is 11.8 Å². The number of ketones is 1. The molecule has 17 heavy (non-hydrogen) atoms. The number of benzene rings is 1. The quantitative estimate of drug-likeness (QED) is 0.612. The summed E-state index contributed by atoms with van der Waals surface area (Å²) in [7, 11) is 0. The van der Waals surface area contributed by atoms with Crippen LogP contribution in [0.1, 0.15) is 6.92 Å². The lowest BCUT2D eigenvalue weighted by molar-refractivity contribution is -0.131. The van der Waals surface area contributed by atoms with E-state index in [4.69, 9.17) is 5.11 Å². The van der Waals surface area contributed by atoms with Gasteiger partial charge in [-0.3, -0.25) is 14.9 Å². The number of Topliss-reactive ketones (excluding diaryl/α,β-unsaturated/α-hetero) is 1. The van der Waals surface area contributed by atoms with Gasteiger partial charge in [-0.1, -0.05) is 25.1 Å². The minimum atomic E-state index is -0.336. The third-order valence-corrected chi connectivity index (χ3v) is 3.43. The van der Waals surface area contributed by atoms with Crippen LogP contribution < -0.4 is 5.32 Å². The van der Waals surface area contributed by atoms with Crippen LogP contribution in [0.5, 0.6) is 5.75 Å². The molecule has 0 amide bonds. The van der Waals surface area contributed by atoms with Gasteiger partial charge in [-0.25, -0.2) is 0 Å². The molecule has 0 radical (unpaired) electrons. The van der Waals surface area contributed by atoms with E-state index in [-0.39, 0.29) is 17.1 Å². The first kappa shape index (κ1) is 13.7. The van der Waals surface area contributed by atoms with Crippen LogP contribution in [-0.4, -0.2) is 34.3 Å². The average Bonchev–Trinajstić information content (AvgIpc) is 2.76. The number of carbonyl (C=O) groups is 2. The predicted molar refractivity (Wildman–Crippen MR) is 68.0 cm³/mol. The second-order valence-corrected chi connectivity index (χ2v) is 4.92. The maximum atomic E-state index is 10.8. The topological polar surface area (TPSA) is 66.4 Å². The van der Waals surface area contributed by atoms with E-state index in [2.05, 4.69) is 5.32 Å². The standard InChI is InChI=1S/C6H9NO2S.C6H6O/c1-4-6(5(9)2-8)7-3-10-4;7-6-4-2-1-3-5-6/h2,4,6-7H,3H2,1H3;1-5,7H. The van der Waals surface area contributed by atoms with E-state index in [1.165, 1.54) is 0 Å². The predicted octanol–water partition coefficient (Wildman–Crippen LogP) is 1.20. The SMILES string of the molecule is CC1SCNC1C(=O)C=O.Oc1ccccc1. The summed E-state index contributed by atoms with van der Waals surface area (Å²) in [4.78, 5) is 20.8. The van der Waals surface area contributed by atoms with Crippen LogP contribution in [0, 0.1) is 0 Å². The molecular formula is C12H15NO3S. The highest BCUT2D eigenvalue weighted by Crippen LogP contribution is 2.19. The highest BCUT2D eigenvalue weighted by Gasteiger charge is 2.28. The zero-order valence-corrected chi connectivity index (χ0v) is 10.3. The molecule has 4 nitrogen and oxygen atoms in total. The lowest BCUT2D eigenvalue weighted by Gasteiger charge is -2.07. The molecule has 92 valence electrons. The third-order valence-electron chi connectivity index (χ3n) is 2.30. The van der Waals surface area contributed by atoms with Gasteiger partial charge in [0.2, 0.25) is 5.78 Å². The van der Waals surface area contributed by atoms with Crippen LogP contribution in [0.2, 0.25) is 0 Å². The molecule has 2 rings (SSSR count). The Morgan fingerprint density at radius 3 is 2.47 bits per heavy atom. The zero-order valence-electron chi connectivity index (χ0n) is 9.50. The average molecular weight is 253 g/mol. The molecule has 1 aliphatic heterocycles. The van der Waals surface area contributed by atoms with Gasteiger partial charge in [-0.05, 0) is 12.1 Å². The van der Waals surface area contributed by atoms with Crippen LogP contribution in [-0.2, 0) is 9.59 Å². The molecule has 1 heterocycles. The van der Waals surface area contributed by atoms with Gasteiger partial charge >= 0.3 is 0 Å². The Kier molecular flexibility index (Phi) is 5.72. The van der Waals surface area contributed by atoms with Crippen molar-refractivity contribution in [3.05, 3.63) is 30.3 Å². The lowest BCUT2D eigenvalue weighted by atomic mass is 10.1. The second-order valence-electron chi connectivity index (χ2n) is 3.55. The van der Waals surface area contributed by atoms with E-state index in [1.807, 2.05) is 13.0 Å². The van der Waals surface area contributed by atoms with Crippen molar-refractivity contribution in [2.45, 2.75) is 18.2 Å². The number of aldehydes is 1. The van der Waals surface area contributed by atoms with Crippen LogP contribution in [0.15, 0.2) is 30.3 Å². The van der Waals surface area contributed by atoms with E-state index >= 15 is 0 Å². The van der Waals surface area contributed by atoms with Crippen LogP contribution in [0.25, 0.3) is 0 Å². The third kappa shape index (κ3) is 4.58. The summed E-state index contributed by atoms with van der Waals surface area (Å²) in [6, 6.07) is 8.46. The summed E-state index contributed by atoms with van der Waals surface area (Å²) in [5.74, 6) is 0.755. The smallest absolute Gasteiger partial charge is 0.213 e. The van der Waals surface area contributed by atoms with E-state index in [1.54, 1.807) is 36.0 Å². The zero-order chi connectivity index (χ0) is 12.7. The first-order valence-electron chi connectivity index (χ1n) is 5.23. The number of rotatable bonds is 2. The number of phenols is 1. The summed E-state index contributed by atoms with van der Waals surface area (Å²) < 4.78 is 0. The molecule has 1 aliphatic rings. The van der Waals surface area contributed by atoms with Crippen molar-refractivity contribution < 1.29 is 14.7 Å². The number of hydrogen-bond donors (Lipinski definition) is 2. The molecule has 2 unspecified atom stereocenters. The molecule has 0 aromatic heterocycles. The second kappa shape index (κ2) is 7.09. The first-order chi connectivity index (χ1) is 8.15. The Morgan fingerprint density at radius 1 is 1.47 bits per heavy atom. The summed E-state index contributed by atoms with van der Waals surface area (Å²) in [6.07, 6.45) is 0.389. The van der Waals surface area contributed by atoms with Crippen LogP contribution in [0.4, 0.5) is 0 Å². The molecule has 2 N–H and O–H groups in total. The number of thioether (sulfide) groups is 1. The maximum Gasteiger partial charge on any atom is 0.213 e. The van der Waals surface area contributed by atoms with Crippen molar-refractivity contribution in [2.75, 3.05) is 5.88 Å². The van der Waals surface area contributed by atoms with E-state index in [0.717, 1.165) is 5.88 Å². The van der Waals surface area contributed by atoms with E-state index in [9.17, 15) is 9.59 Å². The fraction of sp³-hybridized carbons (Fsp3) is 0.333. The van der Waals surface area contributed by atoms with Crippen molar-refractivity contribution in [3.63, 3.8) is 0 Å². The van der Waals surface area contributed by atoms with Crippen molar-refractivity contribution in [1.29, 1.82) is 0 Å². The van der Waals surface area contributed by atoms with Crippen molar-refractivity contribution in [2.24, 2.45) is 0 Å². The number of aromatic hydroxyl groups is 1. The number of carbonyl (C=O) groups excluding carboxylic acids is 2. The molecule has 0 spiro atoms. The summed E-state index contributed by atoms with van der Waals surface area (Å²) >= 11 is 1.66. The van der Waals surface area contributed by atoms with Crippen LogP contribution in [0.3, 0.4) is 0 Å². The van der Waals surface area contributed by atoms with Gasteiger partial charge in [0.25, 0.3) is 0 Å². The minimum absolute atomic E-state index is 0.234. The molecule has 0 bridgehead atoms. The highest BCUT2D eigenvalue weighted by atomic mass is 32.2. The molecule has 1 aromatic carbocycles. The fourth-order valence-electron chi connectivity index (χ4n) is 1.36.